The highest BCUT2D eigenvalue weighted by atomic mass is 35.5. The second-order valence-electron chi connectivity index (χ2n) is 4.09. The van der Waals surface area contributed by atoms with E-state index in [1.165, 1.54) is 14.2 Å². The van der Waals surface area contributed by atoms with E-state index in [-0.39, 0.29) is 18.4 Å². The van der Waals surface area contributed by atoms with Gasteiger partial charge in [-0.05, 0) is 18.9 Å². The molecule has 20 heavy (non-hydrogen) atoms. The Bertz CT molecular complexity index is 635. The lowest BCUT2D eigenvalue weighted by Gasteiger charge is -2.12. The topological polar surface area (TPSA) is 64.5 Å². The van der Waals surface area contributed by atoms with Crippen LogP contribution < -0.4 is 9.47 Å². The lowest BCUT2D eigenvalue weighted by molar-refractivity contribution is 0.288. The van der Waals surface area contributed by atoms with Crippen molar-refractivity contribution in [1.82, 2.24) is 9.97 Å². The Balaban J connectivity index is 2.70. The Morgan fingerprint density at radius 3 is 2.40 bits per heavy atom. The molecule has 0 aliphatic heterocycles. The van der Waals surface area contributed by atoms with Crippen LogP contribution in [0.2, 0.25) is 10.0 Å². The molecule has 1 heterocycles. The van der Waals surface area contributed by atoms with E-state index < -0.39 is 0 Å². The number of ether oxygens (including phenoxy) is 2. The van der Waals surface area contributed by atoms with Gasteiger partial charge < -0.3 is 14.6 Å². The van der Waals surface area contributed by atoms with Crippen LogP contribution in [0.4, 0.5) is 0 Å². The molecule has 2 rings (SSSR count). The summed E-state index contributed by atoms with van der Waals surface area (Å²) in [5, 5.41) is 9.81. The summed E-state index contributed by atoms with van der Waals surface area (Å²) in [5.74, 6) is 0.565. The summed E-state index contributed by atoms with van der Waals surface area (Å²) < 4.78 is 10.3. The monoisotopic (exact) mass is 316 g/mol. The highest BCUT2D eigenvalue weighted by molar-refractivity contribution is 6.43. The molecule has 0 fully saturated rings. The third kappa shape index (κ3) is 2.75. The second kappa shape index (κ2) is 6.43. The van der Waals surface area contributed by atoms with Crippen molar-refractivity contribution in [2.24, 2.45) is 0 Å². The van der Waals surface area contributed by atoms with Crippen LogP contribution in [-0.2, 0) is 6.42 Å². The average Bonchev–Trinajstić information content (AvgIpc) is 2.46. The zero-order valence-electron chi connectivity index (χ0n) is 11.1. The van der Waals surface area contributed by atoms with Gasteiger partial charge in [-0.15, -0.1) is 0 Å². The first-order chi connectivity index (χ1) is 9.62. The number of aliphatic hydroxyl groups is 1. The van der Waals surface area contributed by atoms with Crippen LogP contribution in [0.1, 0.15) is 12.0 Å². The van der Waals surface area contributed by atoms with Gasteiger partial charge in [-0.25, -0.2) is 9.97 Å². The summed E-state index contributed by atoms with van der Waals surface area (Å²) in [7, 11) is 2.98. The third-order valence-electron chi connectivity index (χ3n) is 2.86. The van der Waals surface area contributed by atoms with Gasteiger partial charge in [0.25, 0.3) is 11.8 Å². The molecule has 1 aromatic heterocycles. The predicted octanol–water partition coefficient (Wildman–Crippen LogP) is 2.88. The molecule has 5 nitrogen and oxygen atoms in total. The van der Waals surface area contributed by atoms with Crippen LogP contribution in [0.3, 0.4) is 0 Å². The number of hydrogen-bond donors (Lipinski definition) is 1. The predicted molar refractivity (Wildman–Crippen MR) is 78.1 cm³/mol. The van der Waals surface area contributed by atoms with Gasteiger partial charge in [-0.1, -0.05) is 23.2 Å². The van der Waals surface area contributed by atoms with Crippen molar-refractivity contribution in [2.75, 3.05) is 20.8 Å². The van der Waals surface area contributed by atoms with E-state index in [4.69, 9.17) is 37.8 Å². The first kappa shape index (κ1) is 15.1. The highest BCUT2D eigenvalue weighted by Gasteiger charge is 2.17. The van der Waals surface area contributed by atoms with Crippen molar-refractivity contribution < 1.29 is 14.6 Å². The number of benzene rings is 1. The number of nitrogens with zero attached hydrogens (tertiary/aromatic N) is 2. The summed E-state index contributed by atoms with van der Waals surface area (Å²) in [6.45, 7) is 0.0606. The van der Waals surface area contributed by atoms with Gasteiger partial charge in [-0.3, -0.25) is 0 Å². The van der Waals surface area contributed by atoms with Crippen molar-refractivity contribution in [3.05, 3.63) is 21.7 Å². The molecule has 2 aromatic rings. The Labute approximate surface area is 126 Å². The van der Waals surface area contributed by atoms with E-state index in [1.807, 2.05) is 0 Å². The number of aromatic nitrogens is 2. The summed E-state index contributed by atoms with van der Waals surface area (Å²) in [4.78, 5) is 8.70. The smallest absolute Gasteiger partial charge is 0.278 e. The van der Waals surface area contributed by atoms with E-state index >= 15 is 0 Å². The standard InChI is InChI=1S/C13H14Cl2N2O3/c1-19-12-13(20-2)17-11-7(4-3-5-18)10(15)8(14)6-9(11)16-12/h6,18H,3-5H2,1-2H3. The molecule has 0 bridgehead atoms. The average molecular weight is 317 g/mol. The van der Waals surface area contributed by atoms with E-state index in [2.05, 4.69) is 9.97 Å². The third-order valence-corrected chi connectivity index (χ3v) is 3.68. The number of halogens is 2. The number of rotatable bonds is 5. The minimum atomic E-state index is 0.0606. The van der Waals surface area contributed by atoms with Crippen LogP contribution in [0, 0.1) is 0 Å². The van der Waals surface area contributed by atoms with Gasteiger partial charge in [-0.2, -0.15) is 0 Å². The quantitative estimate of drug-likeness (QED) is 0.918. The van der Waals surface area contributed by atoms with Gasteiger partial charge >= 0.3 is 0 Å². The van der Waals surface area contributed by atoms with Gasteiger partial charge in [0, 0.05) is 12.2 Å². The van der Waals surface area contributed by atoms with Crippen LogP contribution in [0.5, 0.6) is 11.8 Å². The number of hydrogen-bond acceptors (Lipinski definition) is 5. The lowest BCUT2D eigenvalue weighted by Crippen LogP contribution is -2.01. The molecule has 1 aromatic carbocycles. The molecule has 0 radical (unpaired) electrons. The summed E-state index contributed by atoms with van der Waals surface area (Å²) >= 11 is 12.3. The first-order valence-corrected chi connectivity index (χ1v) is 6.75. The molecule has 1 N–H and O–H groups in total. The Morgan fingerprint density at radius 2 is 1.80 bits per heavy atom. The largest absolute Gasteiger partial charge is 0.477 e. The summed E-state index contributed by atoms with van der Waals surface area (Å²) in [6, 6.07) is 1.64. The van der Waals surface area contributed by atoms with E-state index in [1.54, 1.807) is 6.07 Å². The van der Waals surface area contributed by atoms with E-state index in [0.717, 1.165) is 5.56 Å². The zero-order chi connectivity index (χ0) is 14.7. The molecule has 0 amide bonds. The molecular weight excluding hydrogens is 303 g/mol. The molecule has 0 saturated carbocycles. The maximum atomic E-state index is 8.99. The Kier molecular flexibility index (Phi) is 4.86. The van der Waals surface area contributed by atoms with Crippen LogP contribution >= 0.6 is 23.2 Å². The van der Waals surface area contributed by atoms with Gasteiger partial charge in [0.2, 0.25) is 0 Å². The highest BCUT2D eigenvalue weighted by Crippen LogP contribution is 2.35. The van der Waals surface area contributed by atoms with Crippen LogP contribution in [0.25, 0.3) is 11.0 Å². The maximum absolute atomic E-state index is 8.99. The molecule has 108 valence electrons. The molecule has 0 aliphatic carbocycles. The molecule has 7 heteroatoms. The van der Waals surface area contributed by atoms with Gasteiger partial charge in [0.15, 0.2) is 0 Å². The summed E-state index contributed by atoms with van der Waals surface area (Å²) in [5.41, 5.74) is 1.92. The van der Waals surface area contributed by atoms with Gasteiger partial charge in [0.1, 0.15) is 0 Å². The normalized spacial score (nSPS) is 10.8. The van der Waals surface area contributed by atoms with Crippen molar-refractivity contribution >= 4 is 34.2 Å². The molecule has 0 spiro atoms. The van der Waals surface area contributed by atoms with Crippen molar-refractivity contribution in [1.29, 1.82) is 0 Å². The van der Waals surface area contributed by atoms with Gasteiger partial charge in [0.05, 0.1) is 35.3 Å². The minimum absolute atomic E-state index is 0.0606. The summed E-state index contributed by atoms with van der Waals surface area (Å²) in [6.07, 6.45) is 1.11. The first-order valence-electron chi connectivity index (χ1n) is 5.99. The van der Waals surface area contributed by atoms with Crippen LogP contribution in [0.15, 0.2) is 6.07 Å². The fraction of sp³-hybridized carbons (Fsp3) is 0.385. The fourth-order valence-corrected chi connectivity index (χ4v) is 2.38. The molecule has 0 unspecified atom stereocenters. The zero-order valence-corrected chi connectivity index (χ0v) is 12.6. The SMILES string of the molecule is COc1nc2cc(Cl)c(Cl)c(CCCO)c2nc1OC. The molecule has 0 saturated heterocycles. The fourth-order valence-electron chi connectivity index (χ4n) is 1.92. The Morgan fingerprint density at radius 1 is 1.15 bits per heavy atom. The molecule has 0 atom stereocenters. The van der Waals surface area contributed by atoms with E-state index in [0.29, 0.717) is 33.9 Å². The second-order valence-corrected chi connectivity index (χ2v) is 4.87. The number of aryl methyl sites for hydroxylation is 1. The number of aliphatic hydroxyl groups excluding tert-OH is 1. The molecular formula is C13H14Cl2N2O3. The van der Waals surface area contributed by atoms with Crippen molar-refractivity contribution in [3.63, 3.8) is 0 Å². The van der Waals surface area contributed by atoms with Crippen molar-refractivity contribution in [3.8, 4) is 11.8 Å². The van der Waals surface area contributed by atoms with Crippen molar-refractivity contribution in [2.45, 2.75) is 12.8 Å². The number of methoxy groups -OCH3 is 2. The van der Waals surface area contributed by atoms with Crippen LogP contribution in [-0.4, -0.2) is 35.9 Å². The minimum Gasteiger partial charge on any atom is -0.477 e. The maximum Gasteiger partial charge on any atom is 0.278 e. The van der Waals surface area contributed by atoms with E-state index in [9.17, 15) is 0 Å². The Hall–Kier alpha value is -1.30. The molecule has 0 aliphatic rings. The lowest BCUT2D eigenvalue weighted by atomic mass is 10.1. The number of fused-ring (bicyclic) bond motifs is 1.